The lowest BCUT2D eigenvalue weighted by atomic mass is 9.73. The van der Waals surface area contributed by atoms with Gasteiger partial charge in [0.2, 0.25) is 0 Å². The second kappa shape index (κ2) is 3.48. The van der Waals surface area contributed by atoms with E-state index in [9.17, 15) is 9.90 Å². The van der Waals surface area contributed by atoms with Crippen molar-refractivity contribution < 1.29 is 15.0 Å². The molecule has 0 radical (unpaired) electrons. The Balaban J connectivity index is 2.08. The maximum absolute atomic E-state index is 11.0. The van der Waals surface area contributed by atoms with Gasteiger partial charge in [-0.3, -0.25) is 0 Å². The highest BCUT2D eigenvalue weighted by Crippen LogP contribution is 2.52. The maximum atomic E-state index is 11.0. The lowest BCUT2D eigenvalue weighted by Crippen LogP contribution is -2.45. The Morgan fingerprint density at radius 1 is 1.40 bits per heavy atom. The molecule has 15 heavy (non-hydrogen) atoms. The van der Waals surface area contributed by atoms with Crippen LogP contribution in [0.5, 0.6) is 0 Å². The van der Waals surface area contributed by atoms with E-state index < -0.39 is 11.6 Å². The summed E-state index contributed by atoms with van der Waals surface area (Å²) < 4.78 is 0. The smallest absolute Gasteiger partial charge is 0.335 e. The van der Waals surface area contributed by atoms with Crippen molar-refractivity contribution in [2.45, 2.75) is 45.1 Å². The highest BCUT2D eigenvalue weighted by Gasteiger charge is 2.49. The molecule has 0 aliphatic heterocycles. The van der Waals surface area contributed by atoms with Crippen molar-refractivity contribution in [2.24, 2.45) is 23.7 Å². The molecule has 2 N–H and O–H groups in total. The van der Waals surface area contributed by atoms with E-state index in [-0.39, 0.29) is 5.92 Å². The second-order valence-electron chi connectivity index (χ2n) is 5.58. The van der Waals surface area contributed by atoms with Crippen LogP contribution in [0, 0.1) is 23.7 Å². The molecule has 3 heteroatoms. The Labute approximate surface area is 90.5 Å². The van der Waals surface area contributed by atoms with Gasteiger partial charge in [0.1, 0.15) is 0 Å². The summed E-state index contributed by atoms with van der Waals surface area (Å²) in [7, 11) is 0. The molecule has 5 unspecified atom stereocenters. The molecule has 2 aliphatic rings. The van der Waals surface area contributed by atoms with Gasteiger partial charge in [-0.15, -0.1) is 0 Å². The number of carboxylic acid groups (broad SMARTS) is 1. The molecule has 2 bridgehead atoms. The van der Waals surface area contributed by atoms with Crippen molar-refractivity contribution >= 4 is 5.97 Å². The summed E-state index contributed by atoms with van der Waals surface area (Å²) in [6, 6.07) is 0. The molecule has 0 saturated heterocycles. The number of aliphatic hydroxyl groups is 1. The molecular formula is C12H20O3. The molecule has 0 aromatic carbocycles. The zero-order valence-electron chi connectivity index (χ0n) is 9.44. The first-order valence-corrected chi connectivity index (χ1v) is 5.88. The van der Waals surface area contributed by atoms with E-state index in [1.165, 1.54) is 26.2 Å². The molecule has 2 fully saturated rings. The summed E-state index contributed by atoms with van der Waals surface area (Å²) in [5, 5.41) is 18.9. The maximum Gasteiger partial charge on any atom is 0.335 e. The van der Waals surface area contributed by atoms with Crippen LogP contribution in [-0.4, -0.2) is 21.8 Å². The Morgan fingerprint density at radius 2 is 2.07 bits per heavy atom. The topological polar surface area (TPSA) is 57.5 Å². The fourth-order valence-corrected chi connectivity index (χ4v) is 3.52. The molecule has 86 valence electrons. The molecule has 0 spiro atoms. The normalized spacial score (nSPS) is 40.1. The predicted molar refractivity (Wildman–Crippen MR) is 56.4 cm³/mol. The van der Waals surface area contributed by atoms with Gasteiger partial charge in [-0.25, -0.2) is 4.79 Å². The van der Waals surface area contributed by atoms with Crippen LogP contribution in [0.15, 0.2) is 0 Å². The minimum absolute atomic E-state index is 0.134. The number of hydrogen-bond acceptors (Lipinski definition) is 2. The van der Waals surface area contributed by atoms with Crippen molar-refractivity contribution in [3.63, 3.8) is 0 Å². The van der Waals surface area contributed by atoms with Gasteiger partial charge in [0, 0.05) is 0 Å². The van der Waals surface area contributed by atoms with Crippen LogP contribution in [0.2, 0.25) is 0 Å². The van der Waals surface area contributed by atoms with E-state index in [0.29, 0.717) is 11.8 Å². The fourth-order valence-electron chi connectivity index (χ4n) is 3.52. The van der Waals surface area contributed by atoms with E-state index >= 15 is 0 Å². The van der Waals surface area contributed by atoms with Crippen molar-refractivity contribution in [1.29, 1.82) is 0 Å². The molecule has 5 atom stereocenters. The lowest BCUT2D eigenvalue weighted by Gasteiger charge is -2.35. The standard InChI is InChI=1S/C12H20O3/c1-7(12(2,15)11(13)14)10-6-8-3-4-9(10)5-8/h7-10,15H,3-6H2,1-2H3,(H,13,14). The average Bonchev–Trinajstić information content (AvgIpc) is 2.76. The average molecular weight is 212 g/mol. The highest BCUT2D eigenvalue weighted by molar-refractivity contribution is 5.76. The highest BCUT2D eigenvalue weighted by atomic mass is 16.4. The van der Waals surface area contributed by atoms with Crippen molar-refractivity contribution in [2.75, 3.05) is 0 Å². The quantitative estimate of drug-likeness (QED) is 0.751. The number of rotatable bonds is 3. The molecule has 0 aromatic heterocycles. The first-order chi connectivity index (χ1) is 6.93. The molecular weight excluding hydrogens is 192 g/mol. The van der Waals surface area contributed by atoms with E-state index in [0.717, 1.165) is 12.3 Å². The number of fused-ring (bicyclic) bond motifs is 2. The molecule has 2 rings (SSSR count). The second-order valence-corrected chi connectivity index (χ2v) is 5.58. The van der Waals surface area contributed by atoms with Crippen LogP contribution in [0.3, 0.4) is 0 Å². The van der Waals surface area contributed by atoms with E-state index in [1.807, 2.05) is 6.92 Å². The van der Waals surface area contributed by atoms with Crippen LogP contribution in [0.1, 0.15) is 39.5 Å². The predicted octanol–water partition coefficient (Wildman–Crippen LogP) is 1.89. The Morgan fingerprint density at radius 3 is 2.47 bits per heavy atom. The SMILES string of the molecule is CC(C1CC2CCC1C2)C(C)(O)C(=O)O. The van der Waals surface area contributed by atoms with Crippen LogP contribution < -0.4 is 0 Å². The van der Waals surface area contributed by atoms with E-state index in [2.05, 4.69) is 0 Å². The van der Waals surface area contributed by atoms with E-state index in [4.69, 9.17) is 5.11 Å². The van der Waals surface area contributed by atoms with Gasteiger partial charge >= 0.3 is 5.97 Å². The zero-order valence-corrected chi connectivity index (χ0v) is 9.44. The Bertz CT molecular complexity index is 272. The number of hydrogen-bond donors (Lipinski definition) is 2. The molecule has 0 heterocycles. The lowest BCUT2D eigenvalue weighted by molar-refractivity contribution is -0.165. The van der Waals surface area contributed by atoms with Crippen LogP contribution in [-0.2, 0) is 4.79 Å². The van der Waals surface area contributed by atoms with Gasteiger partial charge in [-0.2, -0.15) is 0 Å². The van der Waals surface area contributed by atoms with Gasteiger partial charge in [-0.1, -0.05) is 13.3 Å². The molecule has 0 aromatic rings. The van der Waals surface area contributed by atoms with Crippen molar-refractivity contribution in [3.8, 4) is 0 Å². The zero-order chi connectivity index (χ0) is 11.2. The number of carboxylic acids is 1. The molecule has 2 aliphatic carbocycles. The summed E-state index contributed by atoms with van der Waals surface area (Å²) in [5.41, 5.74) is -1.56. The summed E-state index contributed by atoms with van der Waals surface area (Å²) in [6.45, 7) is 3.32. The van der Waals surface area contributed by atoms with Crippen LogP contribution >= 0.6 is 0 Å². The summed E-state index contributed by atoms with van der Waals surface area (Å²) in [5.74, 6) is 0.654. The van der Waals surface area contributed by atoms with Crippen molar-refractivity contribution in [3.05, 3.63) is 0 Å². The fraction of sp³-hybridized carbons (Fsp3) is 0.917. The molecule has 2 saturated carbocycles. The Hall–Kier alpha value is -0.570. The summed E-state index contributed by atoms with van der Waals surface area (Å²) in [4.78, 5) is 11.0. The third-order valence-electron chi connectivity index (χ3n) is 4.75. The van der Waals surface area contributed by atoms with E-state index in [1.54, 1.807) is 0 Å². The largest absolute Gasteiger partial charge is 0.479 e. The van der Waals surface area contributed by atoms with Gasteiger partial charge in [0.15, 0.2) is 5.60 Å². The third kappa shape index (κ3) is 1.67. The van der Waals surface area contributed by atoms with Crippen LogP contribution in [0.25, 0.3) is 0 Å². The first kappa shape index (κ1) is 10.9. The molecule has 3 nitrogen and oxygen atoms in total. The minimum Gasteiger partial charge on any atom is -0.479 e. The van der Waals surface area contributed by atoms with Crippen molar-refractivity contribution in [1.82, 2.24) is 0 Å². The summed E-state index contributed by atoms with van der Waals surface area (Å²) >= 11 is 0. The first-order valence-electron chi connectivity index (χ1n) is 5.88. The van der Waals surface area contributed by atoms with Gasteiger partial charge in [0.05, 0.1) is 0 Å². The third-order valence-corrected chi connectivity index (χ3v) is 4.75. The molecule has 0 amide bonds. The summed E-state index contributed by atoms with van der Waals surface area (Å²) in [6.07, 6.45) is 4.92. The number of aliphatic carboxylic acids is 1. The Kier molecular flexibility index (Phi) is 2.53. The van der Waals surface area contributed by atoms with Gasteiger partial charge < -0.3 is 10.2 Å². The van der Waals surface area contributed by atoms with Gasteiger partial charge in [-0.05, 0) is 49.9 Å². The minimum atomic E-state index is -1.56. The van der Waals surface area contributed by atoms with Gasteiger partial charge in [0.25, 0.3) is 0 Å². The number of carbonyl (C=O) groups is 1. The monoisotopic (exact) mass is 212 g/mol. The van der Waals surface area contributed by atoms with Crippen LogP contribution in [0.4, 0.5) is 0 Å².